The number of benzene rings is 1. The highest BCUT2D eigenvalue weighted by Gasteiger charge is 2.11. The quantitative estimate of drug-likeness (QED) is 0.605. The molecule has 0 unspecified atom stereocenters. The van der Waals surface area contributed by atoms with Gasteiger partial charge < -0.3 is 4.98 Å². The smallest absolute Gasteiger partial charge is 0.157 e. The Morgan fingerprint density at radius 1 is 0.714 bits per heavy atom. The van der Waals surface area contributed by atoms with Crippen LogP contribution in [0.3, 0.4) is 0 Å². The summed E-state index contributed by atoms with van der Waals surface area (Å²) < 4.78 is 0. The topological polar surface area (TPSA) is 54.5 Å². The van der Waals surface area contributed by atoms with Crippen LogP contribution in [0.2, 0.25) is 0 Å². The van der Waals surface area contributed by atoms with Gasteiger partial charge in [-0.25, -0.2) is 4.98 Å². The molecule has 0 aliphatic heterocycles. The Hall–Kier alpha value is -3.01. The summed E-state index contributed by atoms with van der Waals surface area (Å²) >= 11 is 0. The maximum Gasteiger partial charge on any atom is 0.157 e. The molecule has 0 amide bonds. The highest BCUT2D eigenvalue weighted by atomic mass is 14.9. The van der Waals surface area contributed by atoms with Gasteiger partial charge in [0.05, 0.1) is 16.7 Å². The fourth-order valence-electron chi connectivity index (χ4n) is 2.39. The average molecular weight is 272 g/mol. The van der Waals surface area contributed by atoms with Crippen LogP contribution >= 0.6 is 0 Å². The SMILES string of the molecule is c1ccc(-c2nc3c(-c4ccccn4)cccc3[nH]2)nc1. The summed E-state index contributed by atoms with van der Waals surface area (Å²) in [5.41, 5.74) is 4.67. The lowest BCUT2D eigenvalue weighted by Gasteiger charge is -2.00. The standard InChI is InChI=1S/C17H12N4/c1-3-10-18-13(7-1)12-6-5-9-14-16(12)21-17(20-14)15-8-2-4-11-19-15/h1-11H,(H,20,21). The van der Waals surface area contributed by atoms with E-state index in [-0.39, 0.29) is 0 Å². The normalized spacial score (nSPS) is 10.9. The zero-order chi connectivity index (χ0) is 14.1. The number of hydrogen-bond acceptors (Lipinski definition) is 3. The molecule has 1 aromatic carbocycles. The van der Waals surface area contributed by atoms with Crippen molar-refractivity contribution in [2.75, 3.05) is 0 Å². The monoisotopic (exact) mass is 272 g/mol. The van der Waals surface area contributed by atoms with Crippen LogP contribution in [-0.4, -0.2) is 19.9 Å². The molecular formula is C17H12N4. The highest BCUT2D eigenvalue weighted by Crippen LogP contribution is 2.27. The second-order valence-corrected chi connectivity index (χ2v) is 4.72. The molecule has 1 N–H and O–H groups in total. The first-order valence-corrected chi connectivity index (χ1v) is 6.73. The molecule has 4 aromatic rings. The molecule has 0 saturated carbocycles. The van der Waals surface area contributed by atoms with Gasteiger partial charge in [0.1, 0.15) is 5.69 Å². The van der Waals surface area contributed by atoms with Crippen LogP contribution in [0.5, 0.6) is 0 Å². The summed E-state index contributed by atoms with van der Waals surface area (Å²) in [4.78, 5) is 16.8. The maximum absolute atomic E-state index is 4.70. The van der Waals surface area contributed by atoms with Gasteiger partial charge in [0, 0.05) is 18.0 Å². The first kappa shape index (κ1) is 11.8. The predicted octanol–water partition coefficient (Wildman–Crippen LogP) is 3.69. The molecule has 0 spiro atoms. The number of nitrogens with zero attached hydrogens (tertiary/aromatic N) is 3. The molecule has 4 heteroatoms. The molecule has 100 valence electrons. The molecule has 0 saturated heterocycles. The van der Waals surface area contributed by atoms with Gasteiger partial charge in [-0.15, -0.1) is 0 Å². The summed E-state index contributed by atoms with van der Waals surface area (Å²) in [6, 6.07) is 17.7. The Balaban J connectivity index is 1.93. The summed E-state index contributed by atoms with van der Waals surface area (Å²) in [5.74, 6) is 0.772. The number of para-hydroxylation sites is 1. The number of aromatic nitrogens is 4. The van der Waals surface area contributed by atoms with Crippen LogP contribution in [0.4, 0.5) is 0 Å². The van der Waals surface area contributed by atoms with E-state index in [9.17, 15) is 0 Å². The zero-order valence-electron chi connectivity index (χ0n) is 11.2. The predicted molar refractivity (Wildman–Crippen MR) is 82.6 cm³/mol. The van der Waals surface area contributed by atoms with E-state index in [1.165, 1.54) is 0 Å². The van der Waals surface area contributed by atoms with Crippen molar-refractivity contribution in [3.8, 4) is 22.8 Å². The third kappa shape index (κ3) is 2.07. The Labute approximate surface area is 121 Å². The zero-order valence-corrected chi connectivity index (χ0v) is 11.2. The van der Waals surface area contributed by atoms with Gasteiger partial charge in [0.25, 0.3) is 0 Å². The number of nitrogens with one attached hydrogen (secondary N) is 1. The molecule has 0 bridgehead atoms. The van der Waals surface area contributed by atoms with Crippen molar-refractivity contribution >= 4 is 11.0 Å². The number of imidazole rings is 1. The third-order valence-corrected chi connectivity index (χ3v) is 3.36. The third-order valence-electron chi connectivity index (χ3n) is 3.36. The van der Waals surface area contributed by atoms with E-state index in [0.717, 1.165) is 33.8 Å². The molecule has 3 aromatic heterocycles. The molecular weight excluding hydrogens is 260 g/mol. The van der Waals surface area contributed by atoms with Gasteiger partial charge in [0.15, 0.2) is 5.82 Å². The fourth-order valence-corrected chi connectivity index (χ4v) is 2.39. The van der Waals surface area contributed by atoms with Gasteiger partial charge in [-0.05, 0) is 30.3 Å². The van der Waals surface area contributed by atoms with Crippen LogP contribution in [0.1, 0.15) is 0 Å². The summed E-state index contributed by atoms with van der Waals surface area (Å²) in [6.07, 6.45) is 3.56. The number of pyridine rings is 2. The number of hydrogen-bond donors (Lipinski definition) is 1. The van der Waals surface area contributed by atoms with Crippen molar-refractivity contribution in [1.29, 1.82) is 0 Å². The van der Waals surface area contributed by atoms with Gasteiger partial charge in [-0.1, -0.05) is 24.3 Å². The highest BCUT2D eigenvalue weighted by molar-refractivity contribution is 5.92. The first-order valence-electron chi connectivity index (χ1n) is 6.73. The lowest BCUT2D eigenvalue weighted by molar-refractivity contribution is 1.24. The number of H-pyrrole nitrogens is 1. The molecule has 0 atom stereocenters. The Morgan fingerprint density at radius 2 is 1.48 bits per heavy atom. The van der Waals surface area contributed by atoms with Crippen molar-refractivity contribution in [1.82, 2.24) is 19.9 Å². The number of rotatable bonds is 2. The Bertz CT molecular complexity index is 882. The first-order chi connectivity index (χ1) is 10.4. The molecule has 4 nitrogen and oxygen atoms in total. The molecule has 4 rings (SSSR count). The minimum Gasteiger partial charge on any atom is -0.337 e. The molecule has 3 heterocycles. The summed E-state index contributed by atoms with van der Waals surface area (Å²) in [5, 5.41) is 0. The molecule has 0 radical (unpaired) electrons. The van der Waals surface area contributed by atoms with E-state index in [2.05, 4.69) is 15.0 Å². The Morgan fingerprint density at radius 3 is 2.19 bits per heavy atom. The lowest BCUT2D eigenvalue weighted by atomic mass is 10.1. The van der Waals surface area contributed by atoms with E-state index in [1.54, 1.807) is 12.4 Å². The van der Waals surface area contributed by atoms with Crippen molar-refractivity contribution in [3.05, 3.63) is 67.0 Å². The summed E-state index contributed by atoms with van der Waals surface area (Å²) in [6.45, 7) is 0. The second-order valence-electron chi connectivity index (χ2n) is 4.72. The van der Waals surface area contributed by atoms with Crippen molar-refractivity contribution < 1.29 is 0 Å². The van der Waals surface area contributed by atoms with E-state index >= 15 is 0 Å². The van der Waals surface area contributed by atoms with Gasteiger partial charge in [-0.3, -0.25) is 9.97 Å². The van der Waals surface area contributed by atoms with Gasteiger partial charge >= 0.3 is 0 Å². The fraction of sp³-hybridized carbons (Fsp3) is 0. The largest absolute Gasteiger partial charge is 0.337 e. The molecule has 0 aliphatic carbocycles. The minimum atomic E-state index is 0.772. The van der Waals surface area contributed by atoms with Crippen LogP contribution < -0.4 is 0 Å². The van der Waals surface area contributed by atoms with Crippen molar-refractivity contribution in [2.24, 2.45) is 0 Å². The van der Waals surface area contributed by atoms with E-state index in [1.807, 2.05) is 54.6 Å². The van der Waals surface area contributed by atoms with E-state index in [4.69, 9.17) is 4.98 Å². The number of aromatic amines is 1. The van der Waals surface area contributed by atoms with E-state index in [0.29, 0.717) is 0 Å². The van der Waals surface area contributed by atoms with Gasteiger partial charge in [-0.2, -0.15) is 0 Å². The summed E-state index contributed by atoms with van der Waals surface area (Å²) in [7, 11) is 0. The van der Waals surface area contributed by atoms with Crippen molar-refractivity contribution in [3.63, 3.8) is 0 Å². The van der Waals surface area contributed by atoms with Crippen LogP contribution in [-0.2, 0) is 0 Å². The molecule has 21 heavy (non-hydrogen) atoms. The minimum absolute atomic E-state index is 0.772. The lowest BCUT2D eigenvalue weighted by Crippen LogP contribution is -1.84. The number of fused-ring (bicyclic) bond motifs is 1. The molecule has 0 fully saturated rings. The molecule has 0 aliphatic rings. The van der Waals surface area contributed by atoms with Crippen LogP contribution in [0.15, 0.2) is 67.0 Å². The van der Waals surface area contributed by atoms with E-state index < -0.39 is 0 Å². The van der Waals surface area contributed by atoms with Gasteiger partial charge in [0.2, 0.25) is 0 Å². The van der Waals surface area contributed by atoms with Crippen LogP contribution in [0.25, 0.3) is 33.8 Å². The van der Waals surface area contributed by atoms with Crippen molar-refractivity contribution in [2.45, 2.75) is 0 Å². The average Bonchev–Trinajstić information content (AvgIpc) is 3.00. The second kappa shape index (κ2) is 4.83. The van der Waals surface area contributed by atoms with Crippen LogP contribution in [0, 0.1) is 0 Å². The maximum atomic E-state index is 4.70. The Kier molecular flexibility index (Phi) is 2.71.